The molecule has 2 unspecified atom stereocenters. The minimum Gasteiger partial charge on any atom is -0.392 e. The third kappa shape index (κ3) is 2.56. The Balaban J connectivity index is 2.94. The molecular formula is C11H16BrNO. The van der Waals surface area contributed by atoms with Crippen molar-refractivity contribution in [3.8, 4) is 0 Å². The molecule has 0 heterocycles. The fourth-order valence-electron chi connectivity index (χ4n) is 1.55. The molecular weight excluding hydrogens is 242 g/mol. The lowest BCUT2D eigenvalue weighted by Gasteiger charge is -2.21. The standard InChI is InChI=1S/C11H16BrNO/c1-2-11(14)9(7-13)8-5-3-4-6-10(8)12/h3-6,9,11,14H,2,7,13H2,1H3. The van der Waals surface area contributed by atoms with Crippen LogP contribution >= 0.6 is 15.9 Å². The quantitative estimate of drug-likeness (QED) is 0.870. The van der Waals surface area contributed by atoms with Crippen molar-refractivity contribution >= 4 is 15.9 Å². The highest BCUT2D eigenvalue weighted by Gasteiger charge is 2.19. The Morgan fingerprint density at radius 1 is 1.43 bits per heavy atom. The number of aliphatic hydroxyl groups excluding tert-OH is 1. The smallest absolute Gasteiger partial charge is 0.0618 e. The Labute approximate surface area is 93.3 Å². The summed E-state index contributed by atoms with van der Waals surface area (Å²) < 4.78 is 1.02. The van der Waals surface area contributed by atoms with Crippen molar-refractivity contribution in [1.82, 2.24) is 0 Å². The maximum absolute atomic E-state index is 9.79. The number of nitrogens with two attached hydrogens (primary N) is 1. The zero-order valence-electron chi connectivity index (χ0n) is 8.28. The average Bonchev–Trinajstić information content (AvgIpc) is 2.21. The second-order valence-electron chi connectivity index (χ2n) is 3.34. The molecule has 0 radical (unpaired) electrons. The van der Waals surface area contributed by atoms with Crippen LogP contribution in [-0.4, -0.2) is 17.8 Å². The Kier molecular flexibility index (Phi) is 4.58. The van der Waals surface area contributed by atoms with E-state index in [0.717, 1.165) is 16.5 Å². The predicted molar refractivity (Wildman–Crippen MR) is 62.2 cm³/mol. The van der Waals surface area contributed by atoms with Crippen molar-refractivity contribution in [2.45, 2.75) is 25.4 Å². The summed E-state index contributed by atoms with van der Waals surface area (Å²) in [7, 11) is 0. The summed E-state index contributed by atoms with van der Waals surface area (Å²) in [6.07, 6.45) is 0.363. The summed E-state index contributed by atoms with van der Waals surface area (Å²) in [5, 5.41) is 9.79. The van der Waals surface area contributed by atoms with E-state index in [1.807, 2.05) is 31.2 Å². The first kappa shape index (κ1) is 11.7. The van der Waals surface area contributed by atoms with Crippen molar-refractivity contribution < 1.29 is 5.11 Å². The molecule has 0 aliphatic rings. The fourth-order valence-corrected chi connectivity index (χ4v) is 2.13. The molecule has 0 spiro atoms. The fraction of sp³-hybridized carbons (Fsp3) is 0.455. The molecule has 1 aromatic carbocycles. The Bertz CT molecular complexity index is 290. The van der Waals surface area contributed by atoms with E-state index in [2.05, 4.69) is 15.9 Å². The van der Waals surface area contributed by atoms with Crippen molar-refractivity contribution in [3.63, 3.8) is 0 Å². The van der Waals surface area contributed by atoms with Gasteiger partial charge in [0.1, 0.15) is 0 Å². The maximum Gasteiger partial charge on any atom is 0.0618 e. The normalized spacial score (nSPS) is 15.1. The van der Waals surface area contributed by atoms with Crippen LogP contribution < -0.4 is 5.73 Å². The molecule has 0 aliphatic heterocycles. The first-order valence-electron chi connectivity index (χ1n) is 4.83. The topological polar surface area (TPSA) is 46.2 Å². The SMILES string of the molecule is CCC(O)C(CN)c1ccccc1Br. The summed E-state index contributed by atoms with van der Waals surface area (Å²) >= 11 is 3.47. The van der Waals surface area contributed by atoms with E-state index in [-0.39, 0.29) is 12.0 Å². The molecule has 0 saturated heterocycles. The molecule has 78 valence electrons. The van der Waals surface area contributed by atoms with Crippen LogP contribution in [0.3, 0.4) is 0 Å². The Morgan fingerprint density at radius 3 is 2.57 bits per heavy atom. The van der Waals surface area contributed by atoms with Crippen LogP contribution in [0.5, 0.6) is 0 Å². The van der Waals surface area contributed by atoms with E-state index < -0.39 is 0 Å². The van der Waals surface area contributed by atoms with Gasteiger partial charge in [0, 0.05) is 16.9 Å². The van der Waals surface area contributed by atoms with Crippen LogP contribution in [0.1, 0.15) is 24.8 Å². The Morgan fingerprint density at radius 2 is 2.07 bits per heavy atom. The first-order valence-corrected chi connectivity index (χ1v) is 5.62. The highest BCUT2D eigenvalue weighted by molar-refractivity contribution is 9.10. The van der Waals surface area contributed by atoms with E-state index in [1.54, 1.807) is 0 Å². The molecule has 0 amide bonds. The lowest BCUT2D eigenvalue weighted by Crippen LogP contribution is -2.25. The van der Waals surface area contributed by atoms with E-state index in [1.165, 1.54) is 0 Å². The van der Waals surface area contributed by atoms with Gasteiger partial charge in [-0.25, -0.2) is 0 Å². The van der Waals surface area contributed by atoms with Gasteiger partial charge in [-0.05, 0) is 18.1 Å². The largest absolute Gasteiger partial charge is 0.392 e. The van der Waals surface area contributed by atoms with Gasteiger partial charge in [-0.15, -0.1) is 0 Å². The molecule has 0 fully saturated rings. The average molecular weight is 258 g/mol. The van der Waals surface area contributed by atoms with Gasteiger partial charge in [-0.2, -0.15) is 0 Å². The summed E-state index contributed by atoms with van der Waals surface area (Å²) in [6, 6.07) is 7.89. The minimum absolute atomic E-state index is 0.0237. The number of rotatable bonds is 4. The van der Waals surface area contributed by atoms with Gasteiger partial charge in [0.15, 0.2) is 0 Å². The van der Waals surface area contributed by atoms with E-state index in [4.69, 9.17) is 5.73 Å². The van der Waals surface area contributed by atoms with Gasteiger partial charge in [0.2, 0.25) is 0 Å². The van der Waals surface area contributed by atoms with Gasteiger partial charge < -0.3 is 10.8 Å². The van der Waals surface area contributed by atoms with Gasteiger partial charge in [-0.1, -0.05) is 41.1 Å². The number of aliphatic hydroxyl groups is 1. The number of halogens is 1. The zero-order valence-corrected chi connectivity index (χ0v) is 9.87. The molecule has 0 saturated carbocycles. The maximum atomic E-state index is 9.79. The van der Waals surface area contributed by atoms with Crippen molar-refractivity contribution in [2.75, 3.05) is 6.54 Å². The predicted octanol–water partition coefficient (Wildman–Crippen LogP) is 2.26. The highest BCUT2D eigenvalue weighted by Crippen LogP contribution is 2.27. The van der Waals surface area contributed by atoms with Gasteiger partial charge in [-0.3, -0.25) is 0 Å². The van der Waals surface area contributed by atoms with Crippen LogP contribution in [0.25, 0.3) is 0 Å². The van der Waals surface area contributed by atoms with Crippen LogP contribution in [-0.2, 0) is 0 Å². The second kappa shape index (κ2) is 5.49. The van der Waals surface area contributed by atoms with Crippen LogP contribution in [0, 0.1) is 0 Å². The minimum atomic E-state index is -0.362. The summed E-state index contributed by atoms with van der Waals surface area (Å²) in [4.78, 5) is 0. The van der Waals surface area contributed by atoms with Crippen LogP contribution in [0.15, 0.2) is 28.7 Å². The number of hydrogen-bond acceptors (Lipinski definition) is 2. The lowest BCUT2D eigenvalue weighted by atomic mass is 9.92. The molecule has 3 heteroatoms. The summed E-state index contributed by atoms with van der Waals surface area (Å²) in [6.45, 7) is 2.43. The molecule has 1 rings (SSSR count). The molecule has 14 heavy (non-hydrogen) atoms. The number of hydrogen-bond donors (Lipinski definition) is 2. The third-order valence-electron chi connectivity index (χ3n) is 2.44. The van der Waals surface area contributed by atoms with Crippen LogP contribution in [0.4, 0.5) is 0 Å². The highest BCUT2D eigenvalue weighted by atomic mass is 79.9. The van der Waals surface area contributed by atoms with E-state index in [0.29, 0.717) is 6.54 Å². The van der Waals surface area contributed by atoms with Gasteiger partial charge in [0.25, 0.3) is 0 Å². The lowest BCUT2D eigenvalue weighted by molar-refractivity contribution is 0.141. The molecule has 2 atom stereocenters. The molecule has 1 aromatic rings. The summed E-state index contributed by atoms with van der Waals surface area (Å²) in [5.74, 6) is 0.0237. The molecule has 2 nitrogen and oxygen atoms in total. The van der Waals surface area contributed by atoms with Crippen molar-refractivity contribution in [1.29, 1.82) is 0 Å². The third-order valence-corrected chi connectivity index (χ3v) is 3.16. The summed E-state index contributed by atoms with van der Waals surface area (Å²) in [5.41, 5.74) is 6.76. The van der Waals surface area contributed by atoms with Crippen molar-refractivity contribution in [3.05, 3.63) is 34.3 Å². The van der Waals surface area contributed by atoms with E-state index >= 15 is 0 Å². The van der Waals surface area contributed by atoms with Gasteiger partial charge >= 0.3 is 0 Å². The van der Waals surface area contributed by atoms with Gasteiger partial charge in [0.05, 0.1) is 6.10 Å². The van der Waals surface area contributed by atoms with Crippen molar-refractivity contribution in [2.24, 2.45) is 5.73 Å². The second-order valence-corrected chi connectivity index (χ2v) is 4.19. The Hall–Kier alpha value is -0.380. The molecule has 0 aromatic heterocycles. The van der Waals surface area contributed by atoms with E-state index in [9.17, 15) is 5.11 Å². The zero-order chi connectivity index (χ0) is 10.6. The monoisotopic (exact) mass is 257 g/mol. The van der Waals surface area contributed by atoms with Crippen LogP contribution in [0.2, 0.25) is 0 Å². The molecule has 3 N–H and O–H groups in total. The molecule has 0 aliphatic carbocycles. The molecule has 0 bridgehead atoms. The first-order chi connectivity index (χ1) is 6.70. The number of benzene rings is 1.